The van der Waals surface area contributed by atoms with Gasteiger partial charge in [-0.2, -0.15) is 5.10 Å². The number of benzene rings is 1. The normalized spacial score (nSPS) is 14.6. The van der Waals surface area contributed by atoms with Crippen LogP contribution in [0.3, 0.4) is 0 Å². The first-order chi connectivity index (χ1) is 12.5. The second-order valence-electron chi connectivity index (χ2n) is 6.59. The molecule has 0 saturated carbocycles. The van der Waals surface area contributed by atoms with E-state index in [1.807, 2.05) is 0 Å². The highest BCUT2D eigenvalue weighted by molar-refractivity contribution is 6.14. The fourth-order valence-corrected chi connectivity index (χ4v) is 3.31. The molecule has 1 saturated heterocycles. The van der Waals surface area contributed by atoms with Gasteiger partial charge >= 0.3 is 0 Å². The number of carbonyl (C=O) groups is 2. The molecular formula is C19H23FN4O2. The first-order valence-electron chi connectivity index (χ1n) is 8.82. The summed E-state index contributed by atoms with van der Waals surface area (Å²) in [4.78, 5) is 27.4. The standard InChI is InChI=1S/C19H23FN4O2/c1-13-17(18(26)14-7-3-4-8-15(14)20)19(23(2)22-13)21-16(25)9-12-24-10-5-6-11-24/h3-4,7-8H,5-6,9-12H2,1-2H3,(H,21,25). The topological polar surface area (TPSA) is 67.2 Å². The second-order valence-corrected chi connectivity index (χ2v) is 6.59. The molecule has 0 bridgehead atoms. The summed E-state index contributed by atoms with van der Waals surface area (Å²) in [6.45, 7) is 4.41. The molecule has 1 fully saturated rings. The van der Waals surface area contributed by atoms with E-state index >= 15 is 0 Å². The zero-order valence-electron chi connectivity index (χ0n) is 15.1. The van der Waals surface area contributed by atoms with Crippen LogP contribution in [0.4, 0.5) is 10.2 Å². The van der Waals surface area contributed by atoms with Crippen LogP contribution in [0.5, 0.6) is 0 Å². The summed E-state index contributed by atoms with van der Waals surface area (Å²) in [7, 11) is 1.65. The molecule has 0 atom stereocenters. The molecule has 1 amide bonds. The van der Waals surface area contributed by atoms with Crippen LogP contribution in [0.15, 0.2) is 24.3 Å². The van der Waals surface area contributed by atoms with Gasteiger partial charge in [0.25, 0.3) is 0 Å². The summed E-state index contributed by atoms with van der Waals surface area (Å²) < 4.78 is 15.5. The lowest BCUT2D eigenvalue weighted by Crippen LogP contribution is -2.26. The molecule has 1 aromatic heterocycles. The summed E-state index contributed by atoms with van der Waals surface area (Å²) in [6.07, 6.45) is 2.69. The van der Waals surface area contributed by atoms with Gasteiger partial charge in [0.2, 0.25) is 11.7 Å². The Hall–Kier alpha value is -2.54. The van der Waals surface area contributed by atoms with Crippen molar-refractivity contribution in [3.63, 3.8) is 0 Å². The van der Waals surface area contributed by atoms with Crippen LogP contribution in [0.1, 0.15) is 40.9 Å². The van der Waals surface area contributed by atoms with Gasteiger partial charge in [0.05, 0.1) is 16.8 Å². The molecule has 138 valence electrons. The van der Waals surface area contributed by atoms with Crippen molar-refractivity contribution in [2.45, 2.75) is 26.2 Å². The van der Waals surface area contributed by atoms with E-state index in [1.54, 1.807) is 20.0 Å². The van der Waals surface area contributed by atoms with Crippen LogP contribution in [0, 0.1) is 12.7 Å². The molecule has 0 aliphatic carbocycles. The van der Waals surface area contributed by atoms with Gasteiger partial charge in [-0.3, -0.25) is 14.3 Å². The third kappa shape index (κ3) is 3.83. The Bertz CT molecular complexity index is 825. The molecule has 0 radical (unpaired) electrons. The highest BCUT2D eigenvalue weighted by Gasteiger charge is 2.25. The van der Waals surface area contributed by atoms with E-state index in [2.05, 4.69) is 15.3 Å². The van der Waals surface area contributed by atoms with Crippen LogP contribution < -0.4 is 5.32 Å². The molecule has 2 aromatic rings. The third-order valence-corrected chi connectivity index (χ3v) is 4.68. The van der Waals surface area contributed by atoms with E-state index < -0.39 is 11.6 Å². The van der Waals surface area contributed by atoms with Crippen molar-refractivity contribution in [3.05, 3.63) is 46.9 Å². The minimum Gasteiger partial charge on any atom is -0.310 e. The molecule has 0 spiro atoms. The van der Waals surface area contributed by atoms with Crippen molar-refractivity contribution in [2.24, 2.45) is 7.05 Å². The fraction of sp³-hybridized carbons (Fsp3) is 0.421. The van der Waals surface area contributed by atoms with Crippen LogP contribution in [-0.4, -0.2) is 46.0 Å². The fourth-order valence-electron chi connectivity index (χ4n) is 3.31. The van der Waals surface area contributed by atoms with E-state index in [1.165, 1.54) is 35.7 Å². The van der Waals surface area contributed by atoms with Gasteiger partial charge in [0.15, 0.2) is 0 Å². The van der Waals surface area contributed by atoms with Gasteiger partial charge in [-0.1, -0.05) is 12.1 Å². The number of carbonyl (C=O) groups excluding carboxylic acids is 2. The zero-order chi connectivity index (χ0) is 18.7. The summed E-state index contributed by atoms with van der Waals surface area (Å²) in [5, 5.41) is 7.01. The maximum absolute atomic E-state index is 14.0. The minimum atomic E-state index is -0.591. The van der Waals surface area contributed by atoms with Crippen molar-refractivity contribution < 1.29 is 14.0 Å². The maximum atomic E-state index is 14.0. The number of hydrogen-bond acceptors (Lipinski definition) is 4. The highest BCUT2D eigenvalue weighted by Crippen LogP contribution is 2.24. The van der Waals surface area contributed by atoms with E-state index in [0.717, 1.165) is 13.1 Å². The van der Waals surface area contributed by atoms with E-state index in [4.69, 9.17) is 0 Å². The molecule has 1 N–H and O–H groups in total. The second kappa shape index (κ2) is 7.78. The van der Waals surface area contributed by atoms with E-state index in [-0.39, 0.29) is 17.0 Å². The van der Waals surface area contributed by atoms with Crippen molar-refractivity contribution in [2.75, 3.05) is 25.0 Å². The number of hydrogen-bond donors (Lipinski definition) is 1. The Morgan fingerprint density at radius 2 is 1.92 bits per heavy atom. The van der Waals surface area contributed by atoms with Crippen LogP contribution in [0.2, 0.25) is 0 Å². The van der Waals surface area contributed by atoms with Crippen molar-refractivity contribution in [1.29, 1.82) is 0 Å². The summed E-state index contributed by atoms with van der Waals surface area (Å²) in [6, 6.07) is 5.82. The lowest BCUT2D eigenvalue weighted by molar-refractivity contribution is -0.116. The Kier molecular flexibility index (Phi) is 5.46. The van der Waals surface area contributed by atoms with Gasteiger partial charge in [0.1, 0.15) is 11.6 Å². The Labute approximate surface area is 152 Å². The van der Waals surface area contributed by atoms with Crippen LogP contribution >= 0.6 is 0 Å². The largest absolute Gasteiger partial charge is 0.310 e. The Morgan fingerprint density at radius 1 is 1.23 bits per heavy atom. The highest BCUT2D eigenvalue weighted by atomic mass is 19.1. The molecule has 6 nitrogen and oxygen atoms in total. The van der Waals surface area contributed by atoms with Gasteiger partial charge in [-0.25, -0.2) is 4.39 Å². The van der Waals surface area contributed by atoms with Gasteiger partial charge < -0.3 is 10.2 Å². The molecular weight excluding hydrogens is 335 g/mol. The van der Waals surface area contributed by atoms with Crippen LogP contribution in [-0.2, 0) is 11.8 Å². The number of anilines is 1. The average Bonchev–Trinajstić information content (AvgIpc) is 3.21. The lowest BCUT2D eigenvalue weighted by Gasteiger charge is -2.14. The number of likely N-dealkylation sites (tertiary alicyclic amines) is 1. The SMILES string of the molecule is Cc1nn(C)c(NC(=O)CCN2CCCC2)c1C(=O)c1ccccc1F. The summed E-state index contributed by atoms with van der Waals surface area (Å²) in [5.41, 5.74) is 0.652. The number of halogens is 1. The molecule has 2 heterocycles. The molecule has 1 aliphatic heterocycles. The van der Waals surface area contributed by atoms with Crippen molar-refractivity contribution in [1.82, 2.24) is 14.7 Å². The van der Waals surface area contributed by atoms with Crippen molar-refractivity contribution in [3.8, 4) is 0 Å². The zero-order valence-corrected chi connectivity index (χ0v) is 15.1. The minimum absolute atomic E-state index is 0.0313. The van der Waals surface area contributed by atoms with Gasteiger partial charge in [-0.05, 0) is 45.0 Å². The first kappa shape index (κ1) is 18.3. The Balaban J connectivity index is 1.78. The molecule has 7 heteroatoms. The number of ketones is 1. The maximum Gasteiger partial charge on any atom is 0.226 e. The van der Waals surface area contributed by atoms with Crippen molar-refractivity contribution >= 4 is 17.5 Å². The van der Waals surface area contributed by atoms with Gasteiger partial charge in [0, 0.05) is 20.0 Å². The smallest absolute Gasteiger partial charge is 0.226 e. The number of aromatic nitrogens is 2. The van der Waals surface area contributed by atoms with Gasteiger partial charge in [-0.15, -0.1) is 0 Å². The molecule has 0 unspecified atom stereocenters. The molecule has 1 aromatic carbocycles. The number of rotatable bonds is 6. The number of aryl methyl sites for hydroxylation is 2. The predicted octanol–water partition coefficient (Wildman–Crippen LogP) is 2.52. The average molecular weight is 358 g/mol. The van der Waals surface area contributed by atoms with Crippen LogP contribution in [0.25, 0.3) is 0 Å². The first-order valence-corrected chi connectivity index (χ1v) is 8.82. The van der Waals surface area contributed by atoms with E-state index in [9.17, 15) is 14.0 Å². The quantitative estimate of drug-likeness (QED) is 0.806. The summed E-state index contributed by atoms with van der Waals surface area (Å²) in [5.74, 6) is -0.944. The number of nitrogens with zero attached hydrogens (tertiary/aromatic N) is 3. The predicted molar refractivity (Wildman–Crippen MR) is 96.7 cm³/mol. The summed E-state index contributed by atoms with van der Waals surface area (Å²) >= 11 is 0. The monoisotopic (exact) mass is 358 g/mol. The molecule has 3 rings (SSSR count). The number of amides is 1. The number of nitrogens with one attached hydrogen (secondary N) is 1. The lowest BCUT2D eigenvalue weighted by atomic mass is 10.0. The third-order valence-electron chi connectivity index (χ3n) is 4.68. The molecule has 1 aliphatic rings. The molecule has 26 heavy (non-hydrogen) atoms. The van der Waals surface area contributed by atoms with E-state index in [0.29, 0.717) is 24.5 Å². The Morgan fingerprint density at radius 3 is 2.62 bits per heavy atom.